The molecule has 2 aromatic rings. The lowest BCUT2D eigenvalue weighted by molar-refractivity contribution is 0.114. The van der Waals surface area contributed by atoms with Crippen molar-refractivity contribution in [2.45, 2.75) is 31.3 Å². The van der Waals surface area contributed by atoms with Crippen LogP contribution in [-0.4, -0.2) is 42.1 Å². The van der Waals surface area contributed by atoms with Gasteiger partial charge in [-0.1, -0.05) is 18.2 Å². The summed E-state index contributed by atoms with van der Waals surface area (Å²) in [5.41, 5.74) is 9.93. The molecule has 3 heterocycles. The Kier molecular flexibility index (Phi) is 3.45. The molecule has 21 heavy (non-hydrogen) atoms. The van der Waals surface area contributed by atoms with E-state index in [0.29, 0.717) is 12.1 Å². The molecule has 0 amide bonds. The first kappa shape index (κ1) is 13.3. The van der Waals surface area contributed by atoms with Crippen molar-refractivity contribution in [1.29, 1.82) is 0 Å². The third kappa shape index (κ3) is 2.27. The fourth-order valence-corrected chi connectivity index (χ4v) is 4.08. The predicted octanol–water partition coefficient (Wildman–Crippen LogP) is 1.78. The number of fused-ring (bicyclic) bond motifs is 5. The highest BCUT2D eigenvalue weighted by molar-refractivity contribution is 5.85. The molecular weight excluding hydrogens is 260 g/mol. The van der Waals surface area contributed by atoms with Gasteiger partial charge in [-0.15, -0.1) is 0 Å². The molecule has 1 aromatic heterocycles. The smallest absolute Gasteiger partial charge is 0.0516 e. The van der Waals surface area contributed by atoms with Crippen LogP contribution in [0.15, 0.2) is 24.3 Å². The minimum Gasteiger partial charge on any atom is -0.357 e. The molecule has 0 unspecified atom stereocenters. The van der Waals surface area contributed by atoms with E-state index in [1.54, 1.807) is 5.56 Å². The SMILES string of the molecule is NCCN[C@@H]1CCN2CCc3c([nH]c4ccccc34)[C@@H]2C1. The summed E-state index contributed by atoms with van der Waals surface area (Å²) in [6.07, 6.45) is 3.61. The van der Waals surface area contributed by atoms with Crippen LogP contribution in [0, 0.1) is 0 Å². The van der Waals surface area contributed by atoms with Gasteiger partial charge in [-0.2, -0.15) is 0 Å². The maximum atomic E-state index is 5.63. The average Bonchev–Trinajstić information content (AvgIpc) is 2.92. The van der Waals surface area contributed by atoms with Crippen LogP contribution in [0.1, 0.15) is 30.1 Å². The Bertz CT molecular complexity index is 633. The molecular formula is C17H24N4. The van der Waals surface area contributed by atoms with Gasteiger partial charge in [0.15, 0.2) is 0 Å². The highest BCUT2D eigenvalue weighted by atomic mass is 15.2. The minimum absolute atomic E-state index is 0.546. The van der Waals surface area contributed by atoms with Crippen LogP contribution in [0.25, 0.3) is 10.9 Å². The summed E-state index contributed by atoms with van der Waals surface area (Å²) in [7, 11) is 0. The average molecular weight is 284 g/mol. The Labute approximate surface area is 125 Å². The van der Waals surface area contributed by atoms with Crippen LogP contribution < -0.4 is 11.1 Å². The molecule has 4 rings (SSSR count). The van der Waals surface area contributed by atoms with E-state index in [2.05, 4.69) is 39.5 Å². The molecule has 4 nitrogen and oxygen atoms in total. The minimum atomic E-state index is 0.546. The molecule has 0 bridgehead atoms. The van der Waals surface area contributed by atoms with Crippen LogP contribution in [0.2, 0.25) is 0 Å². The Morgan fingerprint density at radius 2 is 2.19 bits per heavy atom. The molecule has 2 aliphatic heterocycles. The molecule has 0 spiro atoms. The standard InChI is InChI=1S/C17H24N4/c18-7-8-19-12-5-9-21-10-6-14-13-3-1-2-4-15(13)20-17(14)16(21)11-12/h1-4,12,16,19-20H,5-11,18H2/t12-,16+/m1/s1. The zero-order valence-electron chi connectivity index (χ0n) is 12.4. The molecule has 0 saturated carbocycles. The first-order valence-electron chi connectivity index (χ1n) is 8.14. The number of nitrogens with one attached hydrogen (secondary N) is 2. The lowest BCUT2D eigenvalue weighted by Gasteiger charge is -2.42. The van der Waals surface area contributed by atoms with Crippen molar-refractivity contribution < 1.29 is 0 Å². The number of nitrogens with two attached hydrogens (primary N) is 1. The molecule has 1 fully saturated rings. The number of aromatic amines is 1. The summed E-state index contributed by atoms with van der Waals surface area (Å²) in [5.74, 6) is 0. The van der Waals surface area contributed by atoms with Gasteiger partial charge in [0.25, 0.3) is 0 Å². The lowest BCUT2D eigenvalue weighted by atomic mass is 9.88. The van der Waals surface area contributed by atoms with Crippen molar-refractivity contribution in [2.75, 3.05) is 26.2 Å². The number of hydrogen-bond donors (Lipinski definition) is 3. The Morgan fingerprint density at radius 1 is 1.29 bits per heavy atom. The lowest BCUT2D eigenvalue weighted by Crippen LogP contribution is -2.47. The van der Waals surface area contributed by atoms with Crippen LogP contribution in [-0.2, 0) is 6.42 Å². The number of para-hydroxylation sites is 1. The van der Waals surface area contributed by atoms with E-state index >= 15 is 0 Å². The fraction of sp³-hybridized carbons (Fsp3) is 0.529. The molecule has 4 N–H and O–H groups in total. The van der Waals surface area contributed by atoms with Crippen molar-refractivity contribution in [2.24, 2.45) is 5.73 Å². The zero-order chi connectivity index (χ0) is 14.2. The van der Waals surface area contributed by atoms with Gasteiger partial charge in [0.05, 0.1) is 6.04 Å². The molecule has 0 radical (unpaired) electrons. The van der Waals surface area contributed by atoms with E-state index in [0.717, 1.165) is 13.1 Å². The highest BCUT2D eigenvalue weighted by Gasteiger charge is 2.35. The second-order valence-corrected chi connectivity index (χ2v) is 6.33. The summed E-state index contributed by atoms with van der Waals surface area (Å²) in [6.45, 7) is 4.05. The van der Waals surface area contributed by atoms with Crippen molar-refractivity contribution in [3.8, 4) is 0 Å². The number of nitrogens with zero attached hydrogens (tertiary/aromatic N) is 1. The third-order valence-electron chi connectivity index (χ3n) is 5.12. The van der Waals surface area contributed by atoms with Gasteiger partial charge in [0.1, 0.15) is 0 Å². The summed E-state index contributed by atoms with van der Waals surface area (Å²) >= 11 is 0. The predicted molar refractivity (Wildman–Crippen MR) is 86.4 cm³/mol. The quantitative estimate of drug-likeness (QED) is 0.805. The van der Waals surface area contributed by atoms with Crippen LogP contribution >= 0.6 is 0 Å². The van der Waals surface area contributed by atoms with Gasteiger partial charge in [-0.25, -0.2) is 0 Å². The van der Waals surface area contributed by atoms with E-state index in [9.17, 15) is 0 Å². The number of piperidine rings is 1. The fourth-order valence-electron chi connectivity index (χ4n) is 4.08. The molecule has 4 heteroatoms. The monoisotopic (exact) mass is 284 g/mol. The van der Waals surface area contributed by atoms with Gasteiger partial charge in [0, 0.05) is 48.8 Å². The van der Waals surface area contributed by atoms with Crippen molar-refractivity contribution in [1.82, 2.24) is 15.2 Å². The first-order chi connectivity index (χ1) is 10.4. The summed E-state index contributed by atoms with van der Waals surface area (Å²) in [4.78, 5) is 6.35. The Balaban J connectivity index is 1.65. The summed E-state index contributed by atoms with van der Waals surface area (Å²) in [5, 5.41) is 5.02. The third-order valence-corrected chi connectivity index (χ3v) is 5.12. The number of rotatable bonds is 3. The van der Waals surface area contributed by atoms with E-state index in [1.165, 1.54) is 48.9 Å². The second-order valence-electron chi connectivity index (χ2n) is 6.33. The van der Waals surface area contributed by atoms with E-state index in [4.69, 9.17) is 5.73 Å². The number of hydrogen-bond acceptors (Lipinski definition) is 3. The molecule has 2 atom stereocenters. The van der Waals surface area contributed by atoms with Gasteiger partial charge < -0.3 is 16.0 Å². The zero-order valence-corrected chi connectivity index (χ0v) is 12.4. The summed E-state index contributed by atoms with van der Waals surface area (Å²) in [6, 6.07) is 9.87. The van der Waals surface area contributed by atoms with E-state index < -0.39 is 0 Å². The van der Waals surface area contributed by atoms with Gasteiger partial charge in [-0.3, -0.25) is 4.90 Å². The number of benzene rings is 1. The number of H-pyrrole nitrogens is 1. The van der Waals surface area contributed by atoms with Crippen molar-refractivity contribution >= 4 is 10.9 Å². The summed E-state index contributed by atoms with van der Waals surface area (Å²) < 4.78 is 0. The largest absolute Gasteiger partial charge is 0.357 e. The molecule has 112 valence electrons. The Morgan fingerprint density at radius 3 is 3.10 bits per heavy atom. The van der Waals surface area contributed by atoms with Crippen molar-refractivity contribution in [3.63, 3.8) is 0 Å². The van der Waals surface area contributed by atoms with E-state index in [1.807, 2.05) is 0 Å². The second kappa shape index (κ2) is 5.44. The normalized spacial score (nSPS) is 25.8. The maximum Gasteiger partial charge on any atom is 0.0516 e. The van der Waals surface area contributed by atoms with Crippen LogP contribution in [0.4, 0.5) is 0 Å². The maximum absolute atomic E-state index is 5.63. The first-order valence-corrected chi connectivity index (χ1v) is 8.14. The topological polar surface area (TPSA) is 57.1 Å². The molecule has 0 aliphatic carbocycles. The van der Waals surface area contributed by atoms with Gasteiger partial charge in [0.2, 0.25) is 0 Å². The molecule has 2 aliphatic rings. The van der Waals surface area contributed by atoms with E-state index in [-0.39, 0.29) is 0 Å². The van der Waals surface area contributed by atoms with Crippen LogP contribution in [0.3, 0.4) is 0 Å². The molecule has 1 aromatic carbocycles. The number of aromatic nitrogens is 1. The molecule has 1 saturated heterocycles. The Hall–Kier alpha value is -1.36. The van der Waals surface area contributed by atoms with Crippen LogP contribution in [0.5, 0.6) is 0 Å². The van der Waals surface area contributed by atoms with Gasteiger partial charge >= 0.3 is 0 Å². The highest BCUT2D eigenvalue weighted by Crippen LogP contribution is 2.39. The van der Waals surface area contributed by atoms with Crippen molar-refractivity contribution in [3.05, 3.63) is 35.5 Å². The van der Waals surface area contributed by atoms with Gasteiger partial charge in [-0.05, 0) is 30.9 Å².